The summed E-state index contributed by atoms with van der Waals surface area (Å²) >= 11 is 1.62. The van der Waals surface area contributed by atoms with Crippen LogP contribution in [0.3, 0.4) is 0 Å². The molecule has 1 aliphatic heterocycles. The van der Waals surface area contributed by atoms with E-state index in [1.165, 1.54) is 0 Å². The minimum Gasteiger partial charge on any atom is -0.347 e. The van der Waals surface area contributed by atoms with Crippen molar-refractivity contribution < 1.29 is 14.4 Å². The molecule has 3 rings (SSSR count). The Morgan fingerprint density at radius 2 is 2.26 bits per heavy atom. The number of thiophene rings is 1. The molecule has 0 saturated carbocycles. The molecule has 0 spiro atoms. The van der Waals surface area contributed by atoms with Crippen LogP contribution in [0.1, 0.15) is 35.7 Å². The Kier molecular flexibility index (Phi) is 6.18. The second-order valence-electron chi connectivity index (χ2n) is 6.47. The predicted octanol–water partition coefficient (Wildman–Crippen LogP) is 2.18. The van der Waals surface area contributed by atoms with Crippen LogP contribution >= 0.6 is 11.3 Å². The summed E-state index contributed by atoms with van der Waals surface area (Å²) < 4.78 is 0. The molecular formula is C19H22N4O3S. The number of aryl methyl sites for hydroxylation is 1. The summed E-state index contributed by atoms with van der Waals surface area (Å²) in [6, 6.07) is 5.29. The third-order valence-electron chi connectivity index (χ3n) is 4.46. The normalized spacial score (nSPS) is 14.9. The summed E-state index contributed by atoms with van der Waals surface area (Å²) in [5.74, 6) is -0.368. The number of nitrogens with zero attached hydrogens (tertiary/aromatic N) is 2. The fraction of sp³-hybridized carbons (Fsp3) is 0.368. The van der Waals surface area contributed by atoms with Crippen molar-refractivity contribution in [2.45, 2.75) is 32.2 Å². The zero-order valence-electron chi connectivity index (χ0n) is 15.1. The molecule has 7 nitrogen and oxygen atoms in total. The van der Waals surface area contributed by atoms with Gasteiger partial charge in [0.25, 0.3) is 0 Å². The van der Waals surface area contributed by atoms with Crippen molar-refractivity contribution in [3.63, 3.8) is 0 Å². The van der Waals surface area contributed by atoms with Gasteiger partial charge in [-0.3, -0.25) is 19.5 Å². The summed E-state index contributed by atoms with van der Waals surface area (Å²) in [6.07, 6.45) is 3.06. The Morgan fingerprint density at radius 3 is 2.93 bits per heavy atom. The van der Waals surface area contributed by atoms with Crippen LogP contribution in [-0.2, 0) is 16.0 Å². The fourth-order valence-corrected chi connectivity index (χ4v) is 3.75. The van der Waals surface area contributed by atoms with E-state index in [1.807, 2.05) is 30.5 Å². The van der Waals surface area contributed by atoms with E-state index in [2.05, 4.69) is 21.0 Å². The van der Waals surface area contributed by atoms with Crippen LogP contribution in [0.15, 0.2) is 35.2 Å². The lowest BCUT2D eigenvalue weighted by Crippen LogP contribution is -2.34. The SMILES string of the molecule is Cc1cccnc1C(Cc1ccsc1)NC(=O)CCCN1C(=O)CNC1=O. The van der Waals surface area contributed by atoms with E-state index in [4.69, 9.17) is 0 Å². The van der Waals surface area contributed by atoms with Crippen LogP contribution in [-0.4, -0.2) is 40.8 Å². The Balaban J connectivity index is 1.59. The van der Waals surface area contributed by atoms with Gasteiger partial charge in [-0.1, -0.05) is 6.07 Å². The van der Waals surface area contributed by atoms with E-state index in [1.54, 1.807) is 17.5 Å². The van der Waals surface area contributed by atoms with Crippen molar-refractivity contribution in [1.29, 1.82) is 0 Å². The van der Waals surface area contributed by atoms with Crippen molar-refractivity contribution in [2.24, 2.45) is 0 Å². The average Bonchev–Trinajstić information content (AvgIpc) is 3.26. The molecule has 0 aliphatic carbocycles. The average molecular weight is 386 g/mol. The number of carbonyl (C=O) groups is 3. The molecule has 2 aromatic rings. The Labute approximate surface area is 161 Å². The van der Waals surface area contributed by atoms with E-state index < -0.39 is 0 Å². The Hall–Kier alpha value is -2.74. The van der Waals surface area contributed by atoms with Crippen LogP contribution < -0.4 is 10.6 Å². The highest BCUT2D eigenvalue weighted by Crippen LogP contribution is 2.21. The van der Waals surface area contributed by atoms with Gasteiger partial charge in [0.1, 0.15) is 0 Å². The molecule has 2 aromatic heterocycles. The number of carbonyl (C=O) groups excluding carboxylic acids is 3. The molecule has 0 bridgehead atoms. The third-order valence-corrected chi connectivity index (χ3v) is 5.19. The molecule has 1 fully saturated rings. The van der Waals surface area contributed by atoms with Crippen LogP contribution in [0.2, 0.25) is 0 Å². The second-order valence-corrected chi connectivity index (χ2v) is 7.25. The number of pyridine rings is 1. The summed E-state index contributed by atoms with van der Waals surface area (Å²) in [7, 11) is 0. The molecule has 0 radical (unpaired) electrons. The van der Waals surface area contributed by atoms with Crippen LogP contribution in [0, 0.1) is 6.92 Å². The van der Waals surface area contributed by atoms with Gasteiger partial charge in [-0.05, 0) is 53.8 Å². The molecule has 1 unspecified atom stereocenters. The van der Waals surface area contributed by atoms with Gasteiger partial charge in [0.2, 0.25) is 11.8 Å². The molecule has 1 aliphatic rings. The Bertz CT molecular complexity index is 806. The third kappa shape index (κ3) is 4.91. The van der Waals surface area contributed by atoms with Gasteiger partial charge in [-0.2, -0.15) is 11.3 Å². The fourth-order valence-electron chi connectivity index (χ4n) is 3.07. The molecule has 4 amide bonds. The van der Waals surface area contributed by atoms with Gasteiger partial charge in [0.05, 0.1) is 18.3 Å². The largest absolute Gasteiger partial charge is 0.347 e. The zero-order chi connectivity index (χ0) is 19.2. The van der Waals surface area contributed by atoms with Gasteiger partial charge < -0.3 is 10.6 Å². The van der Waals surface area contributed by atoms with Crippen molar-refractivity contribution in [3.05, 3.63) is 52.0 Å². The quantitative estimate of drug-likeness (QED) is 0.681. The van der Waals surface area contributed by atoms with Crippen LogP contribution in [0.5, 0.6) is 0 Å². The van der Waals surface area contributed by atoms with E-state index in [-0.39, 0.29) is 43.4 Å². The molecule has 142 valence electrons. The number of aromatic nitrogens is 1. The lowest BCUT2D eigenvalue weighted by Gasteiger charge is -2.20. The van der Waals surface area contributed by atoms with Crippen LogP contribution in [0.4, 0.5) is 4.79 Å². The van der Waals surface area contributed by atoms with Crippen molar-refractivity contribution in [2.75, 3.05) is 13.1 Å². The van der Waals surface area contributed by atoms with Crippen LogP contribution in [0.25, 0.3) is 0 Å². The first-order valence-electron chi connectivity index (χ1n) is 8.84. The molecular weight excluding hydrogens is 364 g/mol. The smallest absolute Gasteiger partial charge is 0.324 e. The molecule has 8 heteroatoms. The molecule has 1 saturated heterocycles. The summed E-state index contributed by atoms with van der Waals surface area (Å²) in [5.41, 5.74) is 3.03. The highest BCUT2D eigenvalue weighted by atomic mass is 32.1. The first-order chi connectivity index (χ1) is 13.0. The maximum absolute atomic E-state index is 12.5. The van der Waals surface area contributed by atoms with Gasteiger partial charge in [-0.15, -0.1) is 0 Å². The standard InChI is InChI=1S/C19H22N4O3S/c1-13-4-2-7-20-18(13)15(10-14-6-9-27-12-14)22-16(24)5-3-8-23-17(25)11-21-19(23)26/h2,4,6-7,9,12,15H,3,5,8,10-11H2,1H3,(H,21,26)(H,22,24). The summed E-state index contributed by atoms with van der Waals surface area (Å²) in [5, 5.41) is 9.61. The second kappa shape index (κ2) is 8.77. The maximum Gasteiger partial charge on any atom is 0.324 e. The van der Waals surface area contributed by atoms with E-state index >= 15 is 0 Å². The minimum absolute atomic E-state index is 0.0344. The summed E-state index contributed by atoms with van der Waals surface area (Å²) in [6.45, 7) is 2.26. The lowest BCUT2D eigenvalue weighted by atomic mass is 10.0. The summed E-state index contributed by atoms with van der Waals surface area (Å²) in [4.78, 5) is 41.2. The molecule has 2 N–H and O–H groups in total. The lowest BCUT2D eigenvalue weighted by molar-refractivity contribution is -0.126. The zero-order valence-corrected chi connectivity index (χ0v) is 15.9. The van der Waals surface area contributed by atoms with Crippen molar-refractivity contribution in [3.8, 4) is 0 Å². The molecule has 1 atom stereocenters. The number of nitrogens with one attached hydrogen (secondary N) is 2. The van der Waals surface area contributed by atoms with E-state index in [0.717, 1.165) is 21.7 Å². The number of rotatable bonds is 8. The molecule has 0 aromatic carbocycles. The monoisotopic (exact) mass is 386 g/mol. The highest BCUT2D eigenvalue weighted by molar-refractivity contribution is 7.07. The minimum atomic E-state index is -0.389. The number of imide groups is 1. The molecule has 3 heterocycles. The van der Waals surface area contributed by atoms with Crippen molar-refractivity contribution >= 4 is 29.2 Å². The van der Waals surface area contributed by atoms with Crippen molar-refractivity contribution in [1.82, 2.24) is 20.5 Å². The predicted molar refractivity (Wildman–Crippen MR) is 102 cm³/mol. The Morgan fingerprint density at radius 1 is 1.41 bits per heavy atom. The highest BCUT2D eigenvalue weighted by Gasteiger charge is 2.28. The topological polar surface area (TPSA) is 91.4 Å². The van der Waals surface area contributed by atoms with Gasteiger partial charge >= 0.3 is 6.03 Å². The molecule has 27 heavy (non-hydrogen) atoms. The van der Waals surface area contributed by atoms with E-state index in [0.29, 0.717) is 12.8 Å². The number of urea groups is 1. The first kappa shape index (κ1) is 19.0. The van der Waals surface area contributed by atoms with Gasteiger partial charge in [-0.25, -0.2) is 4.79 Å². The van der Waals surface area contributed by atoms with Gasteiger partial charge in [0.15, 0.2) is 0 Å². The van der Waals surface area contributed by atoms with E-state index in [9.17, 15) is 14.4 Å². The maximum atomic E-state index is 12.5. The number of hydrogen-bond acceptors (Lipinski definition) is 5. The first-order valence-corrected chi connectivity index (χ1v) is 9.79. The number of amides is 4. The van der Waals surface area contributed by atoms with Gasteiger partial charge in [0, 0.05) is 19.2 Å². The number of hydrogen-bond donors (Lipinski definition) is 2.